The van der Waals surface area contributed by atoms with Crippen LogP contribution in [0.15, 0.2) is 12.3 Å². The summed E-state index contributed by atoms with van der Waals surface area (Å²) in [4.78, 5) is 20.1. The zero-order valence-electron chi connectivity index (χ0n) is 14.3. The van der Waals surface area contributed by atoms with Crippen molar-refractivity contribution in [2.75, 3.05) is 42.6 Å². The molecule has 0 unspecified atom stereocenters. The smallest absolute Gasteiger partial charge is 0.355 e. The molecule has 1 aromatic heterocycles. The van der Waals surface area contributed by atoms with E-state index in [-0.39, 0.29) is 10.9 Å². The van der Waals surface area contributed by atoms with Crippen LogP contribution in [0.2, 0.25) is 5.02 Å². The highest BCUT2D eigenvalue weighted by Crippen LogP contribution is 2.35. The Kier molecular flexibility index (Phi) is 6.22. The van der Waals surface area contributed by atoms with Crippen LogP contribution in [0.25, 0.3) is 0 Å². The first-order chi connectivity index (χ1) is 12.3. The monoisotopic (exact) mass is 407 g/mol. The summed E-state index contributed by atoms with van der Waals surface area (Å²) in [5.74, 6) is 2.92. The van der Waals surface area contributed by atoms with E-state index in [1.54, 1.807) is 0 Å². The summed E-state index contributed by atoms with van der Waals surface area (Å²) in [5, 5.41) is 0.0140. The Hall–Kier alpha value is -1.15. The molecule has 0 spiro atoms. The Morgan fingerprint density at radius 2 is 1.88 bits per heavy atom. The topological polar surface area (TPSA) is 36.4 Å². The molecule has 0 saturated carbocycles. The number of aromatic nitrogens is 1. The third-order valence-electron chi connectivity index (χ3n) is 4.89. The molecular formula is C17H21ClF3N3OS. The molecule has 3 rings (SSSR count). The van der Waals surface area contributed by atoms with Gasteiger partial charge in [0.2, 0.25) is 5.91 Å². The van der Waals surface area contributed by atoms with Crippen LogP contribution in [0, 0.1) is 5.92 Å². The van der Waals surface area contributed by atoms with E-state index in [1.165, 1.54) is 0 Å². The Morgan fingerprint density at radius 3 is 2.46 bits per heavy atom. The van der Waals surface area contributed by atoms with E-state index in [0.717, 1.165) is 49.7 Å². The number of nitrogens with zero attached hydrogens (tertiary/aromatic N) is 3. The molecule has 1 aromatic rings. The number of alkyl halides is 3. The Balaban J connectivity index is 1.54. The fourth-order valence-electron chi connectivity index (χ4n) is 3.36. The van der Waals surface area contributed by atoms with Gasteiger partial charge in [0.15, 0.2) is 0 Å². The van der Waals surface area contributed by atoms with Crippen LogP contribution in [0.4, 0.5) is 19.0 Å². The minimum absolute atomic E-state index is 0.0140. The van der Waals surface area contributed by atoms with Gasteiger partial charge in [0.05, 0.1) is 10.6 Å². The lowest BCUT2D eigenvalue weighted by Crippen LogP contribution is -2.40. The Morgan fingerprint density at radius 1 is 1.23 bits per heavy atom. The van der Waals surface area contributed by atoms with Crippen molar-refractivity contribution in [1.82, 2.24) is 9.88 Å². The predicted octanol–water partition coefficient (Wildman–Crippen LogP) is 3.94. The minimum Gasteiger partial charge on any atom is -0.355 e. The van der Waals surface area contributed by atoms with Crippen molar-refractivity contribution in [3.8, 4) is 0 Å². The zero-order valence-corrected chi connectivity index (χ0v) is 15.8. The number of amides is 1. The lowest BCUT2D eigenvalue weighted by atomic mass is 9.93. The van der Waals surface area contributed by atoms with Crippen LogP contribution in [0.5, 0.6) is 0 Å². The summed E-state index contributed by atoms with van der Waals surface area (Å²) in [6.07, 6.45) is -1.45. The van der Waals surface area contributed by atoms with E-state index in [9.17, 15) is 18.0 Å². The number of pyridine rings is 1. The standard InChI is InChI=1S/C17H21ClF3N3OS/c18-14-10-13(17(19,20)21)11-22-16(14)24-3-1-12(2-4-24)9-15(25)23-5-7-26-8-6-23/h10-12H,1-9H2. The highest BCUT2D eigenvalue weighted by Gasteiger charge is 2.32. The van der Waals surface area contributed by atoms with E-state index in [0.29, 0.717) is 31.2 Å². The maximum atomic E-state index is 12.7. The molecule has 0 N–H and O–H groups in total. The average Bonchev–Trinajstić information content (AvgIpc) is 2.62. The van der Waals surface area contributed by atoms with Crippen LogP contribution >= 0.6 is 23.4 Å². The highest BCUT2D eigenvalue weighted by molar-refractivity contribution is 7.99. The molecule has 4 nitrogen and oxygen atoms in total. The maximum Gasteiger partial charge on any atom is 0.417 e. The molecule has 0 atom stereocenters. The number of carbonyl (C=O) groups excluding carboxylic acids is 1. The number of hydrogen-bond acceptors (Lipinski definition) is 4. The fraction of sp³-hybridized carbons (Fsp3) is 0.647. The second-order valence-electron chi connectivity index (χ2n) is 6.65. The van der Waals surface area contributed by atoms with E-state index in [1.807, 2.05) is 21.6 Å². The van der Waals surface area contributed by atoms with Crippen molar-refractivity contribution in [2.24, 2.45) is 5.92 Å². The van der Waals surface area contributed by atoms with Crippen molar-refractivity contribution in [3.05, 3.63) is 22.8 Å². The summed E-state index contributed by atoms with van der Waals surface area (Å²) in [7, 11) is 0. The largest absolute Gasteiger partial charge is 0.417 e. The van der Waals surface area contributed by atoms with E-state index >= 15 is 0 Å². The van der Waals surface area contributed by atoms with Crippen molar-refractivity contribution >= 4 is 35.1 Å². The molecule has 9 heteroatoms. The van der Waals surface area contributed by atoms with Crippen molar-refractivity contribution in [2.45, 2.75) is 25.4 Å². The number of piperidine rings is 1. The Bertz CT molecular complexity index is 645. The minimum atomic E-state index is -4.45. The van der Waals surface area contributed by atoms with Crippen LogP contribution in [-0.4, -0.2) is 53.5 Å². The highest BCUT2D eigenvalue weighted by atomic mass is 35.5. The van der Waals surface area contributed by atoms with Crippen LogP contribution < -0.4 is 4.90 Å². The molecule has 0 radical (unpaired) electrons. The quantitative estimate of drug-likeness (QED) is 0.760. The van der Waals surface area contributed by atoms with Crippen LogP contribution in [0.1, 0.15) is 24.8 Å². The van der Waals surface area contributed by atoms with Gasteiger partial charge in [0.1, 0.15) is 5.82 Å². The first-order valence-electron chi connectivity index (χ1n) is 8.68. The number of halogens is 4. The molecule has 0 aliphatic carbocycles. The van der Waals surface area contributed by atoms with Gasteiger partial charge in [-0.15, -0.1) is 0 Å². The number of carbonyl (C=O) groups is 1. The summed E-state index contributed by atoms with van der Waals surface area (Å²) >= 11 is 7.90. The van der Waals surface area contributed by atoms with Crippen LogP contribution in [0.3, 0.4) is 0 Å². The molecule has 0 aromatic carbocycles. The molecule has 2 saturated heterocycles. The number of hydrogen-bond donors (Lipinski definition) is 0. The van der Waals surface area contributed by atoms with Gasteiger partial charge in [0, 0.05) is 50.3 Å². The van der Waals surface area contributed by atoms with Gasteiger partial charge in [-0.05, 0) is 24.8 Å². The first-order valence-corrected chi connectivity index (χ1v) is 10.2. The molecule has 2 aliphatic rings. The van der Waals surface area contributed by atoms with Gasteiger partial charge in [0.25, 0.3) is 0 Å². The third-order valence-corrected chi connectivity index (χ3v) is 6.11. The number of anilines is 1. The van der Waals surface area contributed by atoms with Gasteiger partial charge in [-0.1, -0.05) is 11.6 Å². The van der Waals surface area contributed by atoms with Gasteiger partial charge in [-0.3, -0.25) is 4.79 Å². The lowest BCUT2D eigenvalue weighted by molar-refractivity contribution is -0.137. The fourth-order valence-corrected chi connectivity index (χ4v) is 4.55. The number of thioether (sulfide) groups is 1. The summed E-state index contributed by atoms with van der Waals surface area (Å²) in [5.41, 5.74) is -0.841. The first kappa shape index (κ1) is 19.6. The van der Waals surface area contributed by atoms with Gasteiger partial charge < -0.3 is 9.80 Å². The molecule has 0 bridgehead atoms. The van der Waals surface area contributed by atoms with E-state index < -0.39 is 11.7 Å². The summed E-state index contributed by atoms with van der Waals surface area (Å²) in [6.45, 7) is 2.94. The van der Waals surface area contributed by atoms with Crippen molar-refractivity contribution < 1.29 is 18.0 Å². The van der Waals surface area contributed by atoms with E-state index in [2.05, 4.69) is 4.98 Å². The molecule has 26 heavy (non-hydrogen) atoms. The van der Waals surface area contributed by atoms with Crippen LogP contribution in [-0.2, 0) is 11.0 Å². The van der Waals surface area contributed by atoms with Crippen molar-refractivity contribution in [3.63, 3.8) is 0 Å². The SMILES string of the molecule is O=C(CC1CCN(c2ncc(C(F)(F)F)cc2Cl)CC1)N1CCSCC1. The predicted molar refractivity (Wildman–Crippen MR) is 97.7 cm³/mol. The maximum absolute atomic E-state index is 12.7. The Labute approximate surface area is 160 Å². The molecule has 2 fully saturated rings. The normalized spacial score (nSPS) is 19.7. The molecule has 2 aliphatic heterocycles. The molecule has 144 valence electrons. The van der Waals surface area contributed by atoms with Crippen molar-refractivity contribution in [1.29, 1.82) is 0 Å². The van der Waals surface area contributed by atoms with E-state index in [4.69, 9.17) is 11.6 Å². The number of rotatable bonds is 3. The lowest BCUT2D eigenvalue weighted by Gasteiger charge is -2.34. The third kappa shape index (κ3) is 4.76. The second kappa shape index (κ2) is 8.25. The van der Waals surface area contributed by atoms with Gasteiger partial charge >= 0.3 is 6.18 Å². The van der Waals surface area contributed by atoms with Gasteiger partial charge in [-0.25, -0.2) is 4.98 Å². The summed E-state index contributed by atoms with van der Waals surface area (Å²) < 4.78 is 38.2. The molecule has 1 amide bonds. The molecule has 3 heterocycles. The van der Waals surface area contributed by atoms with Gasteiger partial charge in [-0.2, -0.15) is 24.9 Å². The summed E-state index contributed by atoms with van der Waals surface area (Å²) in [6, 6.07) is 0.924. The zero-order chi connectivity index (χ0) is 18.7. The average molecular weight is 408 g/mol. The second-order valence-corrected chi connectivity index (χ2v) is 8.29. The molecular weight excluding hydrogens is 387 g/mol.